The normalized spacial score (nSPS) is 10.1. The molecule has 0 amide bonds. The van der Waals surface area contributed by atoms with Crippen LogP contribution in [0.4, 0.5) is 0 Å². The van der Waals surface area contributed by atoms with E-state index in [-0.39, 0.29) is 6.61 Å². The molecule has 6 heteroatoms. The van der Waals surface area contributed by atoms with Crippen LogP contribution in [0.15, 0.2) is 28.8 Å². The van der Waals surface area contributed by atoms with E-state index in [1.165, 1.54) is 7.11 Å². The quantitative estimate of drug-likeness (QED) is 0.767. The van der Waals surface area contributed by atoms with Crippen LogP contribution in [-0.2, 0) is 11.3 Å². The van der Waals surface area contributed by atoms with Gasteiger partial charge in [0.15, 0.2) is 6.61 Å². The van der Waals surface area contributed by atoms with E-state index in [1.807, 2.05) is 0 Å². The summed E-state index contributed by atoms with van der Waals surface area (Å²) in [5.74, 6) is 1.07. The lowest BCUT2D eigenvalue weighted by molar-refractivity contribution is 0.0600. The van der Waals surface area contributed by atoms with E-state index < -0.39 is 5.97 Å². The molecule has 0 atom stereocenters. The summed E-state index contributed by atoms with van der Waals surface area (Å²) in [5.41, 5.74) is 0.430. The second-order valence-electron chi connectivity index (χ2n) is 3.54. The minimum Gasteiger partial charge on any atom is -0.485 e. The second-order valence-corrected chi connectivity index (χ2v) is 3.54. The Morgan fingerprint density at radius 1 is 1.44 bits per heavy atom. The summed E-state index contributed by atoms with van der Waals surface area (Å²) >= 11 is 0. The third-order valence-electron chi connectivity index (χ3n) is 2.19. The van der Waals surface area contributed by atoms with Crippen LogP contribution in [0.1, 0.15) is 22.1 Å². The van der Waals surface area contributed by atoms with Crippen molar-refractivity contribution >= 4 is 5.97 Å². The number of carbonyl (C=O) groups is 1. The Kier molecular flexibility index (Phi) is 3.57. The summed E-state index contributed by atoms with van der Waals surface area (Å²) in [5, 5.41) is 3.70. The lowest BCUT2D eigenvalue weighted by Gasteiger charge is -2.04. The molecule has 0 saturated heterocycles. The van der Waals surface area contributed by atoms with Crippen molar-refractivity contribution < 1.29 is 18.8 Å². The van der Waals surface area contributed by atoms with Gasteiger partial charge < -0.3 is 14.0 Å². The molecular formula is C12H12N2O4. The van der Waals surface area contributed by atoms with Gasteiger partial charge in [0.2, 0.25) is 11.7 Å². The van der Waals surface area contributed by atoms with Crippen molar-refractivity contribution in [1.82, 2.24) is 10.1 Å². The van der Waals surface area contributed by atoms with E-state index in [0.29, 0.717) is 23.0 Å². The molecule has 0 saturated carbocycles. The fourth-order valence-electron chi connectivity index (χ4n) is 1.38. The van der Waals surface area contributed by atoms with Crippen LogP contribution in [0.3, 0.4) is 0 Å². The first-order valence-corrected chi connectivity index (χ1v) is 5.29. The Balaban J connectivity index is 2.03. The Morgan fingerprint density at radius 3 is 2.94 bits per heavy atom. The third-order valence-corrected chi connectivity index (χ3v) is 2.19. The van der Waals surface area contributed by atoms with Crippen LogP contribution in [0, 0.1) is 6.92 Å². The number of carbonyl (C=O) groups excluding carboxylic acids is 1. The molecule has 1 aromatic heterocycles. The van der Waals surface area contributed by atoms with E-state index in [0.717, 1.165) is 0 Å². The van der Waals surface area contributed by atoms with Crippen LogP contribution in [0.25, 0.3) is 0 Å². The third kappa shape index (κ3) is 2.85. The van der Waals surface area contributed by atoms with Gasteiger partial charge in [0, 0.05) is 6.92 Å². The summed E-state index contributed by atoms with van der Waals surface area (Å²) in [6.07, 6.45) is 0. The zero-order valence-electron chi connectivity index (χ0n) is 10.0. The molecule has 0 radical (unpaired) electrons. The van der Waals surface area contributed by atoms with Crippen LogP contribution >= 0.6 is 0 Å². The number of hydrogen-bond acceptors (Lipinski definition) is 6. The number of hydrogen-bond donors (Lipinski definition) is 0. The Bertz CT molecular complexity index is 551. The Hall–Kier alpha value is -2.37. The zero-order valence-corrected chi connectivity index (χ0v) is 10.0. The fraction of sp³-hybridized carbons (Fsp3) is 0.250. The van der Waals surface area contributed by atoms with E-state index in [2.05, 4.69) is 14.9 Å². The lowest BCUT2D eigenvalue weighted by atomic mass is 10.2. The average Bonchev–Trinajstić information content (AvgIpc) is 2.81. The SMILES string of the molecule is COC(=O)c1cccc(OCc2noc(C)n2)c1. The van der Waals surface area contributed by atoms with Crippen molar-refractivity contribution in [3.63, 3.8) is 0 Å². The largest absolute Gasteiger partial charge is 0.485 e. The maximum atomic E-state index is 11.3. The van der Waals surface area contributed by atoms with Crippen LogP contribution < -0.4 is 4.74 Å². The number of aromatic nitrogens is 2. The molecule has 0 aliphatic rings. The highest BCUT2D eigenvalue weighted by molar-refractivity contribution is 5.89. The topological polar surface area (TPSA) is 74.5 Å². The molecule has 0 spiro atoms. The maximum absolute atomic E-state index is 11.3. The smallest absolute Gasteiger partial charge is 0.337 e. The molecule has 6 nitrogen and oxygen atoms in total. The lowest BCUT2D eigenvalue weighted by Crippen LogP contribution is -2.02. The van der Waals surface area contributed by atoms with Gasteiger partial charge in [-0.2, -0.15) is 4.98 Å². The molecule has 2 aromatic rings. The number of rotatable bonds is 4. The van der Waals surface area contributed by atoms with Gasteiger partial charge >= 0.3 is 5.97 Å². The van der Waals surface area contributed by atoms with Crippen molar-refractivity contribution in [3.05, 3.63) is 41.5 Å². The maximum Gasteiger partial charge on any atom is 0.337 e. The van der Waals surface area contributed by atoms with E-state index in [9.17, 15) is 4.79 Å². The fourth-order valence-corrected chi connectivity index (χ4v) is 1.38. The van der Waals surface area contributed by atoms with Crippen molar-refractivity contribution in [2.24, 2.45) is 0 Å². The van der Waals surface area contributed by atoms with Crippen molar-refractivity contribution in [2.45, 2.75) is 13.5 Å². The highest BCUT2D eigenvalue weighted by Gasteiger charge is 2.07. The average molecular weight is 248 g/mol. The minimum absolute atomic E-state index is 0.183. The van der Waals surface area contributed by atoms with Gasteiger partial charge in [-0.25, -0.2) is 4.79 Å². The zero-order chi connectivity index (χ0) is 13.0. The standard InChI is InChI=1S/C12H12N2O4/c1-8-13-11(14-18-8)7-17-10-5-3-4-9(6-10)12(15)16-2/h3-6H,7H2,1-2H3. The summed E-state index contributed by atoms with van der Waals surface area (Å²) in [7, 11) is 1.33. The molecule has 2 rings (SSSR count). The Morgan fingerprint density at radius 2 is 2.28 bits per heavy atom. The van der Waals surface area contributed by atoms with Gasteiger partial charge in [-0.05, 0) is 18.2 Å². The molecule has 1 heterocycles. The van der Waals surface area contributed by atoms with Gasteiger partial charge in [0.05, 0.1) is 12.7 Å². The molecule has 1 aromatic carbocycles. The summed E-state index contributed by atoms with van der Waals surface area (Å²) in [4.78, 5) is 15.3. The minimum atomic E-state index is -0.407. The van der Waals surface area contributed by atoms with Gasteiger partial charge in [-0.3, -0.25) is 0 Å². The van der Waals surface area contributed by atoms with E-state index in [4.69, 9.17) is 9.26 Å². The van der Waals surface area contributed by atoms with Gasteiger partial charge in [-0.15, -0.1) is 0 Å². The predicted molar refractivity (Wildman–Crippen MR) is 61.1 cm³/mol. The number of methoxy groups -OCH3 is 1. The number of aryl methyl sites for hydroxylation is 1. The molecular weight excluding hydrogens is 236 g/mol. The molecule has 0 unspecified atom stereocenters. The number of esters is 1. The number of nitrogens with zero attached hydrogens (tertiary/aromatic N) is 2. The molecule has 94 valence electrons. The first-order chi connectivity index (χ1) is 8.69. The van der Waals surface area contributed by atoms with E-state index >= 15 is 0 Å². The second kappa shape index (κ2) is 5.31. The van der Waals surface area contributed by atoms with Gasteiger partial charge in [0.1, 0.15) is 5.75 Å². The van der Waals surface area contributed by atoms with Crippen molar-refractivity contribution in [1.29, 1.82) is 0 Å². The predicted octanol–water partition coefficient (Wildman–Crippen LogP) is 1.74. The summed E-state index contributed by atoms with van der Waals surface area (Å²) in [6.45, 7) is 1.89. The van der Waals surface area contributed by atoms with Crippen LogP contribution in [0.2, 0.25) is 0 Å². The van der Waals surface area contributed by atoms with E-state index in [1.54, 1.807) is 31.2 Å². The number of ether oxygens (including phenoxy) is 2. The summed E-state index contributed by atoms with van der Waals surface area (Å²) in [6, 6.07) is 6.69. The molecule has 0 N–H and O–H groups in total. The summed E-state index contributed by atoms with van der Waals surface area (Å²) < 4.78 is 14.9. The molecule has 0 aliphatic heterocycles. The van der Waals surface area contributed by atoms with Gasteiger partial charge in [-0.1, -0.05) is 11.2 Å². The van der Waals surface area contributed by atoms with Crippen LogP contribution in [0.5, 0.6) is 5.75 Å². The molecule has 0 bridgehead atoms. The first-order valence-electron chi connectivity index (χ1n) is 5.29. The highest BCUT2D eigenvalue weighted by atomic mass is 16.5. The van der Waals surface area contributed by atoms with Crippen LogP contribution in [-0.4, -0.2) is 23.2 Å². The first kappa shape index (κ1) is 12.1. The van der Waals surface area contributed by atoms with Gasteiger partial charge in [0.25, 0.3) is 0 Å². The monoisotopic (exact) mass is 248 g/mol. The number of benzene rings is 1. The molecule has 0 aliphatic carbocycles. The molecule has 0 fully saturated rings. The highest BCUT2D eigenvalue weighted by Crippen LogP contribution is 2.15. The van der Waals surface area contributed by atoms with Crippen molar-refractivity contribution in [3.8, 4) is 5.75 Å². The Labute approximate surface area is 104 Å². The molecule has 18 heavy (non-hydrogen) atoms. The van der Waals surface area contributed by atoms with Crippen molar-refractivity contribution in [2.75, 3.05) is 7.11 Å².